The summed E-state index contributed by atoms with van der Waals surface area (Å²) in [5.74, 6) is 0.210. The molecule has 0 unspecified atom stereocenters. The van der Waals surface area contributed by atoms with Crippen molar-refractivity contribution in [3.63, 3.8) is 0 Å². The Morgan fingerprint density at radius 3 is 2.78 bits per heavy atom. The quantitative estimate of drug-likeness (QED) is 0.837. The second-order valence-electron chi connectivity index (χ2n) is 4.82. The molecule has 1 fully saturated rings. The first-order valence-corrected chi connectivity index (χ1v) is 6.86. The van der Waals surface area contributed by atoms with Gasteiger partial charge in [-0.05, 0) is 43.9 Å². The van der Waals surface area contributed by atoms with E-state index >= 15 is 0 Å². The van der Waals surface area contributed by atoms with Gasteiger partial charge in [0.25, 0.3) is 0 Å². The molecule has 1 aliphatic rings. The molecular weight excluding hydrogens is 224 g/mol. The van der Waals surface area contributed by atoms with Gasteiger partial charge in [-0.15, -0.1) is 0 Å². The van der Waals surface area contributed by atoms with Crippen LogP contribution in [0.1, 0.15) is 32.3 Å². The predicted molar refractivity (Wildman–Crippen MR) is 74.7 cm³/mol. The smallest absolute Gasteiger partial charge is 0.242 e. The molecule has 1 aliphatic carbocycles. The molecule has 0 aromatic heterocycles. The molecule has 0 saturated heterocycles. The monoisotopic (exact) mass is 246 g/mol. The minimum absolute atomic E-state index is 0.210. The van der Waals surface area contributed by atoms with Crippen LogP contribution < -0.4 is 5.32 Å². The number of carbonyl (C=O) groups excluding carboxylic acids is 1. The van der Waals surface area contributed by atoms with E-state index in [0.29, 0.717) is 12.6 Å². The fourth-order valence-electron chi connectivity index (χ4n) is 2.20. The Kier molecular flexibility index (Phi) is 4.24. The molecule has 3 nitrogen and oxygen atoms in total. The van der Waals surface area contributed by atoms with Crippen LogP contribution in [0.25, 0.3) is 0 Å². The van der Waals surface area contributed by atoms with Gasteiger partial charge in [0.2, 0.25) is 5.91 Å². The number of aryl methyl sites for hydroxylation is 1. The number of nitrogens with one attached hydrogen (secondary N) is 1. The van der Waals surface area contributed by atoms with Gasteiger partial charge in [-0.1, -0.05) is 19.1 Å². The van der Waals surface area contributed by atoms with Gasteiger partial charge in [0.15, 0.2) is 0 Å². The molecule has 1 N–H and O–H groups in total. The standard InChI is InChI=1S/C15H22N2O/c1-3-12-6-5-7-13(10-12)16-11-15(18)17(4-2)14-8-9-14/h5-7,10,14,16H,3-4,8-9,11H2,1-2H3. The van der Waals surface area contributed by atoms with Gasteiger partial charge in [-0.25, -0.2) is 0 Å². The van der Waals surface area contributed by atoms with Crippen molar-refractivity contribution >= 4 is 11.6 Å². The number of amides is 1. The first kappa shape index (κ1) is 12.9. The van der Waals surface area contributed by atoms with Crippen molar-refractivity contribution < 1.29 is 4.79 Å². The van der Waals surface area contributed by atoms with E-state index in [1.165, 1.54) is 18.4 Å². The van der Waals surface area contributed by atoms with E-state index in [1.54, 1.807) is 0 Å². The molecule has 1 aromatic rings. The summed E-state index contributed by atoms with van der Waals surface area (Å²) in [6, 6.07) is 8.77. The number of hydrogen-bond acceptors (Lipinski definition) is 2. The second kappa shape index (κ2) is 5.89. The molecule has 98 valence electrons. The molecule has 18 heavy (non-hydrogen) atoms. The van der Waals surface area contributed by atoms with E-state index in [2.05, 4.69) is 24.4 Å². The zero-order valence-electron chi connectivity index (χ0n) is 11.3. The number of hydrogen-bond donors (Lipinski definition) is 1. The van der Waals surface area contributed by atoms with E-state index in [1.807, 2.05) is 24.0 Å². The van der Waals surface area contributed by atoms with Crippen molar-refractivity contribution in [3.8, 4) is 0 Å². The molecule has 0 bridgehead atoms. The second-order valence-corrected chi connectivity index (χ2v) is 4.82. The summed E-state index contributed by atoms with van der Waals surface area (Å²) in [6.07, 6.45) is 3.36. The number of likely N-dealkylation sites (N-methyl/N-ethyl adjacent to an activating group) is 1. The molecule has 2 rings (SSSR count). The molecule has 1 aromatic carbocycles. The minimum atomic E-state index is 0.210. The van der Waals surface area contributed by atoms with Crippen LogP contribution in [0.4, 0.5) is 5.69 Å². The van der Waals surface area contributed by atoms with Gasteiger partial charge in [-0.3, -0.25) is 4.79 Å². The van der Waals surface area contributed by atoms with E-state index < -0.39 is 0 Å². The largest absolute Gasteiger partial charge is 0.376 e. The zero-order valence-corrected chi connectivity index (χ0v) is 11.3. The van der Waals surface area contributed by atoms with Crippen LogP contribution in [0.5, 0.6) is 0 Å². The summed E-state index contributed by atoms with van der Waals surface area (Å²) in [5, 5.41) is 3.23. The van der Waals surface area contributed by atoms with Gasteiger partial charge < -0.3 is 10.2 Å². The number of benzene rings is 1. The van der Waals surface area contributed by atoms with Crippen molar-refractivity contribution in [3.05, 3.63) is 29.8 Å². The van der Waals surface area contributed by atoms with Gasteiger partial charge in [0, 0.05) is 18.3 Å². The van der Waals surface area contributed by atoms with Crippen molar-refractivity contribution in [2.24, 2.45) is 0 Å². The lowest BCUT2D eigenvalue weighted by Gasteiger charge is -2.20. The SMILES string of the molecule is CCc1cccc(NCC(=O)N(CC)C2CC2)c1. The van der Waals surface area contributed by atoms with Crippen molar-refractivity contribution in [2.75, 3.05) is 18.4 Å². The van der Waals surface area contributed by atoms with Gasteiger partial charge in [0.05, 0.1) is 6.54 Å². The summed E-state index contributed by atoms with van der Waals surface area (Å²) in [5.41, 5.74) is 2.33. The molecule has 0 heterocycles. The highest BCUT2D eigenvalue weighted by Gasteiger charge is 2.30. The van der Waals surface area contributed by atoms with Crippen LogP contribution in [0.15, 0.2) is 24.3 Å². The molecule has 0 atom stereocenters. The van der Waals surface area contributed by atoms with Crippen LogP contribution in [0.3, 0.4) is 0 Å². The van der Waals surface area contributed by atoms with Gasteiger partial charge >= 0.3 is 0 Å². The Labute approximate surface area is 109 Å². The average Bonchev–Trinajstić information content (AvgIpc) is 3.22. The summed E-state index contributed by atoms with van der Waals surface area (Å²) < 4.78 is 0. The van der Waals surface area contributed by atoms with E-state index in [-0.39, 0.29) is 5.91 Å². The third-order valence-electron chi connectivity index (χ3n) is 3.43. The predicted octanol–water partition coefficient (Wildman–Crippen LogP) is 2.67. The average molecular weight is 246 g/mol. The van der Waals surface area contributed by atoms with E-state index in [4.69, 9.17) is 0 Å². The lowest BCUT2D eigenvalue weighted by molar-refractivity contribution is -0.129. The Bertz CT molecular complexity index is 413. The fraction of sp³-hybridized carbons (Fsp3) is 0.533. The van der Waals surface area contributed by atoms with Crippen LogP contribution in [0, 0.1) is 0 Å². The van der Waals surface area contributed by atoms with Crippen LogP contribution in [0.2, 0.25) is 0 Å². The Morgan fingerprint density at radius 1 is 1.39 bits per heavy atom. The lowest BCUT2D eigenvalue weighted by Crippen LogP contribution is -2.37. The zero-order chi connectivity index (χ0) is 13.0. The van der Waals surface area contributed by atoms with Crippen LogP contribution in [-0.4, -0.2) is 29.9 Å². The Hall–Kier alpha value is -1.51. The van der Waals surface area contributed by atoms with Crippen molar-refractivity contribution in [1.82, 2.24) is 4.90 Å². The number of nitrogens with zero attached hydrogens (tertiary/aromatic N) is 1. The maximum absolute atomic E-state index is 12.0. The third kappa shape index (κ3) is 3.25. The highest BCUT2D eigenvalue weighted by Crippen LogP contribution is 2.26. The van der Waals surface area contributed by atoms with Gasteiger partial charge in [0.1, 0.15) is 0 Å². The molecule has 0 spiro atoms. The molecule has 1 saturated carbocycles. The first-order chi connectivity index (χ1) is 8.74. The van der Waals surface area contributed by atoms with Crippen molar-refractivity contribution in [1.29, 1.82) is 0 Å². The fourth-order valence-corrected chi connectivity index (χ4v) is 2.20. The first-order valence-electron chi connectivity index (χ1n) is 6.86. The van der Waals surface area contributed by atoms with Gasteiger partial charge in [-0.2, -0.15) is 0 Å². The number of carbonyl (C=O) groups is 1. The molecule has 0 aliphatic heterocycles. The maximum atomic E-state index is 12.0. The van der Waals surface area contributed by atoms with E-state index in [0.717, 1.165) is 18.7 Å². The maximum Gasteiger partial charge on any atom is 0.242 e. The molecular formula is C15H22N2O. The lowest BCUT2D eigenvalue weighted by atomic mass is 10.1. The van der Waals surface area contributed by atoms with Crippen molar-refractivity contribution in [2.45, 2.75) is 39.2 Å². The van der Waals surface area contributed by atoms with Crippen LogP contribution >= 0.6 is 0 Å². The Morgan fingerprint density at radius 2 is 2.17 bits per heavy atom. The molecule has 3 heteroatoms. The number of anilines is 1. The normalized spacial score (nSPS) is 14.3. The highest BCUT2D eigenvalue weighted by molar-refractivity contribution is 5.81. The minimum Gasteiger partial charge on any atom is -0.376 e. The summed E-state index contributed by atoms with van der Waals surface area (Å²) >= 11 is 0. The number of rotatable bonds is 6. The summed E-state index contributed by atoms with van der Waals surface area (Å²) in [7, 11) is 0. The summed E-state index contributed by atoms with van der Waals surface area (Å²) in [4.78, 5) is 14.0. The Balaban J connectivity index is 1.87. The van der Waals surface area contributed by atoms with Crippen LogP contribution in [-0.2, 0) is 11.2 Å². The highest BCUT2D eigenvalue weighted by atomic mass is 16.2. The van der Waals surface area contributed by atoms with E-state index in [9.17, 15) is 4.79 Å². The summed E-state index contributed by atoms with van der Waals surface area (Å²) in [6.45, 7) is 5.40. The topological polar surface area (TPSA) is 32.3 Å². The molecule has 1 amide bonds. The third-order valence-corrected chi connectivity index (χ3v) is 3.43. The molecule has 0 radical (unpaired) electrons.